The first-order chi connectivity index (χ1) is 20.2. The molecule has 0 aliphatic heterocycles. The maximum Gasteiger partial charge on any atom is 0.409 e. The first-order valence-electron chi connectivity index (χ1n) is 14.7. The van der Waals surface area contributed by atoms with Crippen LogP contribution < -0.4 is 0 Å². The lowest BCUT2D eigenvalue weighted by Crippen LogP contribution is -2.32. The van der Waals surface area contributed by atoms with Crippen LogP contribution in [-0.4, -0.2) is 102 Å². The molecule has 9 heteroatoms. The van der Waals surface area contributed by atoms with E-state index in [2.05, 4.69) is 46.9 Å². The molecule has 0 spiro atoms. The lowest BCUT2D eigenvalue weighted by atomic mass is 9.98. The fourth-order valence-electron chi connectivity index (χ4n) is 4.63. The Morgan fingerprint density at radius 3 is 1.66 bits per heavy atom. The topological polar surface area (TPSA) is 75.7 Å². The van der Waals surface area contributed by atoms with Gasteiger partial charge in [-0.1, -0.05) is 84.0 Å². The molecule has 0 fully saturated rings. The first kappa shape index (κ1) is 33.7. The molecule has 41 heavy (non-hydrogen) atoms. The van der Waals surface area contributed by atoms with Crippen LogP contribution in [0.1, 0.15) is 42.7 Å². The maximum absolute atomic E-state index is 12.5. The molecular formula is C32H46INO7. The molecular weight excluding hydrogens is 637 g/mol. The first-order valence-corrected chi connectivity index (χ1v) is 16.3. The van der Waals surface area contributed by atoms with Gasteiger partial charge in [-0.15, -0.1) is 0 Å². The molecule has 2 aromatic carbocycles. The van der Waals surface area contributed by atoms with Crippen molar-refractivity contribution in [3.05, 3.63) is 59.7 Å². The number of rotatable bonds is 23. The van der Waals surface area contributed by atoms with Gasteiger partial charge >= 0.3 is 6.09 Å². The van der Waals surface area contributed by atoms with Crippen molar-refractivity contribution in [2.75, 3.05) is 90.7 Å². The summed E-state index contributed by atoms with van der Waals surface area (Å²) >= 11 is 2.42. The van der Waals surface area contributed by atoms with E-state index in [0.717, 1.165) is 13.0 Å². The monoisotopic (exact) mass is 683 g/mol. The fraction of sp³-hybridized carbons (Fsp3) is 0.594. The second-order valence-electron chi connectivity index (χ2n) is 9.89. The molecule has 2 aromatic rings. The Labute approximate surface area is 259 Å². The number of ether oxygens (including phenoxy) is 6. The minimum atomic E-state index is -0.349. The normalized spacial score (nSPS) is 12.3. The molecule has 0 saturated carbocycles. The Hall–Kier alpha value is -1.76. The largest absolute Gasteiger partial charge is 0.448 e. The highest BCUT2D eigenvalue weighted by molar-refractivity contribution is 14.1. The number of fused-ring (bicyclic) bond motifs is 3. The van der Waals surface area contributed by atoms with Crippen molar-refractivity contribution in [2.45, 2.75) is 31.6 Å². The minimum Gasteiger partial charge on any atom is -0.448 e. The third-order valence-electron chi connectivity index (χ3n) is 6.88. The quantitative estimate of drug-likeness (QED) is 0.0815. The third-order valence-corrected chi connectivity index (χ3v) is 7.64. The van der Waals surface area contributed by atoms with Crippen molar-refractivity contribution < 1.29 is 33.2 Å². The predicted octanol–water partition coefficient (Wildman–Crippen LogP) is 5.95. The van der Waals surface area contributed by atoms with Gasteiger partial charge in [-0.25, -0.2) is 4.79 Å². The number of benzene rings is 2. The molecule has 1 aliphatic carbocycles. The number of unbranched alkanes of at least 4 members (excludes halogenated alkanes) is 3. The van der Waals surface area contributed by atoms with Crippen LogP contribution in [0.2, 0.25) is 0 Å². The molecule has 8 nitrogen and oxygen atoms in total. The van der Waals surface area contributed by atoms with E-state index in [1.807, 2.05) is 24.3 Å². The summed E-state index contributed by atoms with van der Waals surface area (Å²) in [5.74, 6) is 0.0544. The zero-order chi connectivity index (χ0) is 29.0. The second kappa shape index (κ2) is 21.0. The van der Waals surface area contributed by atoms with Gasteiger partial charge in [-0.3, -0.25) is 0 Å². The second-order valence-corrected chi connectivity index (χ2v) is 11.0. The van der Waals surface area contributed by atoms with E-state index in [1.165, 1.54) is 45.9 Å². The summed E-state index contributed by atoms with van der Waals surface area (Å²) in [5, 5.41) is 0. The van der Waals surface area contributed by atoms with E-state index in [4.69, 9.17) is 28.4 Å². The van der Waals surface area contributed by atoms with Gasteiger partial charge in [0.05, 0.1) is 59.5 Å². The summed E-state index contributed by atoms with van der Waals surface area (Å²) in [6.07, 6.45) is 4.61. The van der Waals surface area contributed by atoms with Gasteiger partial charge in [0.15, 0.2) is 0 Å². The summed E-state index contributed by atoms with van der Waals surface area (Å²) in [7, 11) is 1.72. The standard InChI is InChI=1S/C32H46INO7/c1-34(32(35)41-26-31-29-12-6-4-10-27(29)28-11-5-7-13-30(28)31)15-17-37-19-21-39-23-25-40-24-22-38-20-18-36-16-9-3-2-8-14-33/h4-7,10-13,31H,2-3,8-9,14-26H2,1H3. The Morgan fingerprint density at radius 1 is 0.659 bits per heavy atom. The number of amides is 1. The summed E-state index contributed by atoms with van der Waals surface area (Å²) in [4.78, 5) is 14.1. The molecule has 0 saturated heterocycles. The SMILES string of the molecule is CN(CCOCCOCCOCCOCCOCCCCCCI)C(=O)OCC1c2ccccc2-c2ccccc21. The highest BCUT2D eigenvalue weighted by Gasteiger charge is 2.29. The minimum absolute atomic E-state index is 0.0544. The molecule has 1 aliphatic rings. The summed E-state index contributed by atoms with van der Waals surface area (Å²) in [6, 6.07) is 16.6. The fourth-order valence-corrected chi connectivity index (χ4v) is 5.17. The van der Waals surface area contributed by atoms with Gasteiger partial charge in [0.1, 0.15) is 6.61 Å². The zero-order valence-electron chi connectivity index (χ0n) is 24.4. The van der Waals surface area contributed by atoms with E-state index in [-0.39, 0.29) is 12.0 Å². The van der Waals surface area contributed by atoms with Crippen molar-refractivity contribution >= 4 is 28.7 Å². The molecule has 0 radical (unpaired) electrons. The number of hydrogen-bond donors (Lipinski definition) is 0. The number of nitrogens with zero attached hydrogens (tertiary/aromatic N) is 1. The summed E-state index contributed by atoms with van der Waals surface area (Å²) < 4.78 is 34.6. The van der Waals surface area contributed by atoms with Crippen LogP contribution in [-0.2, 0) is 28.4 Å². The van der Waals surface area contributed by atoms with Gasteiger partial charge < -0.3 is 33.3 Å². The summed E-state index contributed by atoms with van der Waals surface area (Å²) in [5.41, 5.74) is 4.84. The average molecular weight is 684 g/mol. The number of hydrogen-bond acceptors (Lipinski definition) is 7. The lowest BCUT2D eigenvalue weighted by Gasteiger charge is -2.19. The van der Waals surface area contributed by atoms with Crippen LogP contribution in [0.15, 0.2) is 48.5 Å². The molecule has 0 heterocycles. The van der Waals surface area contributed by atoms with E-state index in [9.17, 15) is 4.79 Å². The van der Waals surface area contributed by atoms with Crippen LogP contribution in [0.25, 0.3) is 11.1 Å². The maximum atomic E-state index is 12.5. The van der Waals surface area contributed by atoms with Gasteiger partial charge in [0.2, 0.25) is 0 Å². The molecule has 0 aromatic heterocycles. The van der Waals surface area contributed by atoms with Gasteiger partial charge in [0.25, 0.3) is 0 Å². The van der Waals surface area contributed by atoms with E-state index < -0.39 is 0 Å². The number of halogens is 1. The number of likely N-dealkylation sites (N-methyl/N-ethyl adjacent to an activating group) is 1. The van der Waals surface area contributed by atoms with Crippen LogP contribution in [0.3, 0.4) is 0 Å². The van der Waals surface area contributed by atoms with Crippen molar-refractivity contribution in [2.24, 2.45) is 0 Å². The Bertz CT molecular complexity index is 947. The molecule has 0 unspecified atom stereocenters. The Morgan fingerprint density at radius 2 is 1.12 bits per heavy atom. The van der Waals surface area contributed by atoms with Gasteiger partial charge in [-0.05, 0) is 39.5 Å². The zero-order valence-corrected chi connectivity index (χ0v) is 26.6. The molecule has 0 N–H and O–H groups in total. The molecule has 228 valence electrons. The van der Waals surface area contributed by atoms with Crippen LogP contribution in [0, 0.1) is 0 Å². The smallest absolute Gasteiger partial charge is 0.409 e. The molecule has 3 rings (SSSR count). The number of carbonyl (C=O) groups is 1. The Kier molecular flexibility index (Phi) is 17.3. The highest BCUT2D eigenvalue weighted by atomic mass is 127. The van der Waals surface area contributed by atoms with Gasteiger partial charge in [0, 0.05) is 26.1 Å². The van der Waals surface area contributed by atoms with Crippen molar-refractivity contribution in [1.82, 2.24) is 4.90 Å². The summed E-state index contributed by atoms with van der Waals surface area (Å²) in [6.45, 7) is 6.28. The highest BCUT2D eigenvalue weighted by Crippen LogP contribution is 2.44. The number of carbonyl (C=O) groups excluding carboxylic acids is 1. The van der Waals surface area contributed by atoms with Crippen LogP contribution in [0.5, 0.6) is 0 Å². The van der Waals surface area contributed by atoms with Crippen molar-refractivity contribution in [1.29, 1.82) is 0 Å². The predicted molar refractivity (Wildman–Crippen MR) is 169 cm³/mol. The van der Waals surface area contributed by atoms with Crippen molar-refractivity contribution in [3.8, 4) is 11.1 Å². The van der Waals surface area contributed by atoms with E-state index in [0.29, 0.717) is 72.6 Å². The average Bonchev–Trinajstić information content (AvgIpc) is 3.32. The van der Waals surface area contributed by atoms with Crippen molar-refractivity contribution in [3.63, 3.8) is 0 Å². The van der Waals surface area contributed by atoms with E-state index in [1.54, 1.807) is 11.9 Å². The molecule has 0 atom stereocenters. The van der Waals surface area contributed by atoms with E-state index >= 15 is 0 Å². The molecule has 0 bridgehead atoms. The third kappa shape index (κ3) is 12.6. The van der Waals surface area contributed by atoms with Gasteiger partial charge in [-0.2, -0.15) is 0 Å². The van der Waals surface area contributed by atoms with Crippen LogP contribution >= 0.6 is 22.6 Å². The molecule has 1 amide bonds. The lowest BCUT2D eigenvalue weighted by molar-refractivity contribution is -0.0121. The number of alkyl halides is 1. The Balaban J connectivity index is 1.11. The van der Waals surface area contributed by atoms with Crippen LogP contribution in [0.4, 0.5) is 4.79 Å².